The van der Waals surface area contributed by atoms with Crippen LogP contribution in [-0.4, -0.2) is 31.3 Å². The average molecular weight is 712 g/mol. The number of rotatable bonds is 14. The third-order valence-corrected chi connectivity index (χ3v) is 10.9. The van der Waals surface area contributed by atoms with Gasteiger partial charge in [0.1, 0.15) is 0 Å². The number of carbonyl (C=O) groups excluding carboxylic acids is 1. The Morgan fingerprint density at radius 1 is 0.778 bits per heavy atom. The second-order valence-electron chi connectivity index (χ2n) is 14.4. The molecule has 1 atom stereocenters. The van der Waals surface area contributed by atoms with Crippen molar-refractivity contribution in [3.05, 3.63) is 124 Å². The fraction of sp³-hybridized carbons (Fsp3) is 0.277. The van der Waals surface area contributed by atoms with Crippen LogP contribution in [-0.2, 0) is 4.79 Å². The summed E-state index contributed by atoms with van der Waals surface area (Å²) in [6, 6.07) is 28.8. The molecule has 0 saturated carbocycles. The normalized spacial score (nSPS) is 14.0. The van der Waals surface area contributed by atoms with E-state index in [1.807, 2.05) is 42.5 Å². The van der Waals surface area contributed by atoms with Crippen molar-refractivity contribution in [2.75, 3.05) is 41.3 Å². The molecule has 0 aliphatic heterocycles. The maximum atomic E-state index is 15.0. The van der Waals surface area contributed by atoms with E-state index in [0.29, 0.717) is 33.6 Å². The molecular formula is C47H47N6O-. The number of benzene rings is 6. The van der Waals surface area contributed by atoms with Crippen LogP contribution in [0, 0.1) is 6.57 Å². The molecule has 0 spiro atoms. The minimum atomic E-state index is -0.904. The first kappa shape index (κ1) is 36.3. The molecule has 6 aromatic carbocycles. The molecule has 54 heavy (non-hydrogen) atoms. The SMILES string of the molecule is [C-]#[N+]C(=C=[N-])C1=C(c2c(N)cc(NCCCC)c3cc4ccccc4cc23)C(=O)C1c1c(N)cc(N(CCCC)CCCC)c2cc3ccccc3cc12. The van der Waals surface area contributed by atoms with Crippen molar-refractivity contribution in [2.24, 2.45) is 0 Å². The van der Waals surface area contributed by atoms with Gasteiger partial charge in [0.2, 0.25) is 5.70 Å². The van der Waals surface area contributed by atoms with Crippen LogP contribution in [0.4, 0.5) is 22.7 Å². The van der Waals surface area contributed by atoms with E-state index in [9.17, 15) is 5.41 Å². The Morgan fingerprint density at radius 2 is 1.33 bits per heavy atom. The van der Waals surface area contributed by atoms with Crippen molar-refractivity contribution >= 4 is 83.1 Å². The number of nitrogen functional groups attached to an aromatic ring is 2. The molecule has 7 nitrogen and oxygen atoms in total. The molecule has 0 heterocycles. The van der Waals surface area contributed by atoms with Crippen LogP contribution in [0.1, 0.15) is 76.3 Å². The van der Waals surface area contributed by atoms with Crippen LogP contribution >= 0.6 is 0 Å². The third kappa shape index (κ3) is 6.33. The summed E-state index contributed by atoms with van der Waals surface area (Å²) in [7, 11) is 0. The number of hydrogen-bond donors (Lipinski definition) is 3. The number of nitrogens with two attached hydrogens (primary N) is 2. The van der Waals surface area contributed by atoms with Gasteiger partial charge in [-0.05, 0) is 99.1 Å². The van der Waals surface area contributed by atoms with E-state index in [-0.39, 0.29) is 11.5 Å². The maximum absolute atomic E-state index is 15.0. The van der Waals surface area contributed by atoms with Gasteiger partial charge in [-0.1, -0.05) is 88.6 Å². The number of Topliss-reactive ketones (excluding diaryl/α,β-unsaturated/α-hetero) is 1. The predicted octanol–water partition coefficient (Wildman–Crippen LogP) is 11.2. The van der Waals surface area contributed by atoms with Crippen molar-refractivity contribution < 1.29 is 4.79 Å². The number of ketones is 1. The van der Waals surface area contributed by atoms with E-state index in [4.69, 9.17) is 18.0 Å². The predicted molar refractivity (Wildman–Crippen MR) is 230 cm³/mol. The number of allylic oxidation sites excluding steroid dienone is 2. The summed E-state index contributed by atoms with van der Waals surface area (Å²) < 4.78 is 0. The van der Waals surface area contributed by atoms with Gasteiger partial charge in [-0.3, -0.25) is 10.7 Å². The summed E-state index contributed by atoms with van der Waals surface area (Å²) in [4.78, 5) is 21.1. The number of nitrogens with zero attached hydrogens (tertiary/aromatic N) is 3. The Bertz CT molecular complexity index is 2560. The first-order valence-electron chi connectivity index (χ1n) is 19.3. The van der Waals surface area contributed by atoms with Gasteiger partial charge in [0.15, 0.2) is 5.78 Å². The standard InChI is InChI=1S/C47H47N6O/c1-5-8-19-52-39-26-37(49)42(35-24-31-17-13-11-15-29(31)22-33(35)39)45-44(40(28-48)51-4)46(47(45)54)43-36-25-32-18-14-12-16-30(32)23-34(36)41(27-38(43)50)53(20-9-6-2)21-10-7-3/h11-18,22-27,46,52H,5-10,19-21,49-50H2,1-3H3/q-1. The largest absolute Gasteiger partial charge is 0.775 e. The van der Waals surface area contributed by atoms with Gasteiger partial charge in [-0.2, -0.15) is 0 Å². The molecule has 0 bridgehead atoms. The zero-order valence-electron chi connectivity index (χ0n) is 31.4. The van der Waals surface area contributed by atoms with E-state index < -0.39 is 5.92 Å². The lowest BCUT2D eigenvalue weighted by atomic mass is 9.66. The first-order chi connectivity index (χ1) is 26.3. The van der Waals surface area contributed by atoms with Crippen molar-refractivity contribution in [2.45, 2.75) is 65.2 Å². The van der Waals surface area contributed by atoms with Gasteiger partial charge in [0.05, 0.1) is 12.5 Å². The van der Waals surface area contributed by atoms with E-state index in [0.717, 1.165) is 113 Å². The zero-order valence-corrected chi connectivity index (χ0v) is 31.4. The van der Waals surface area contributed by atoms with Crippen molar-refractivity contribution in [3.63, 3.8) is 0 Å². The van der Waals surface area contributed by atoms with Crippen LogP contribution in [0.25, 0.3) is 58.9 Å². The highest BCUT2D eigenvalue weighted by atomic mass is 16.1. The molecule has 1 aliphatic rings. The lowest BCUT2D eigenvalue weighted by Crippen LogP contribution is -2.31. The van der Waals surface area contributed by atoms with Gasteiger partial charge >= 0.3 is 0 Å². The molecular weight excluding hydrogens is 665 g/mol. The smallest absolute Gasteiger partial charge is 0.210 e. The summed E-state index contributed by atoms with van der Waals surface area (Å²) in [5.41, 5.74) is 18.6. The maximum Gasteiger partial charge on any atom is 0.210 e. The van der Waals surface area contributed by atoms with Gasteiger partial charge < -0.3 is 27.1 Å². The van der Waals surface area contributed by atoms with Crippen LogP contribution in [0.3, 0.4) is 0 Å². The highest BCUT2D eigenvalue weighted by Crippen LogP contribution is 2.55. The molecule has 0 amide bonds. The number of carbonyl (C=O) groups is 1. The lowest BCUT2D eigenvalue weighted by molar-refractivity contribution is -0.115. The fourth-order valence-corrected chi connectivity index (χ4v) is 8.13. The molecule has 7 heteroatoms. The molecule has 1 aliphatic carbocycles. The monoisotopic (exact) mass is 711 g/mol. The van der Waals surface area contributed by atoms with Gasteiger partial charge in [-0.25, -0.2) is 4.85 Å². The second-order valence-corrected chi connectivity index (χ2v) is 14.4. The van der Waals surface area contributed by atoms with Crippen LogP contribution < -0.4 is 21.7 Å². The van der Waals surface area contributed by atoms with Crippen molar-refractivity contribution in [1.82, 2.24) is 0 Å². The molecule has 272 valence electrons. The van der Waals surface area contributed by atoms with Gasteiger partial charge in [-0.15, -0.1) is 0 Å². The summed E-state index contributed by atoms with van der Waals surface area (Å²) in [6.45, 7) is 17.2. The first-order valence-corrected chi connectivity index (χ1v) is 19.3. The van der Waals surface area contributed by atoms with Gasteiger partial charge in [0.25, 0.3) is 0 Å². The molecule has 0 aromatic heterocycles. The Balaban J connectivity index is 1.51. The molecule has 6 aromatic rings. The van der Waals surface area contributed by atoms with E-state index in [2.05, 4.69) is 84.2 Å². The van der Waals surface area contributed by atoms with E-state index >= 15 is 4.79 Å². The molecule has 7 rings (SSSR count). The summed E-state index contributed by atoms with van der Waals surface area (Å²) in [5, 5.41) is 21.8. The van der Waals surface area contributed by atoms with Gasteiger partial charge in [0, 0.05) is 64.3 Å². The molecule has 1 unspecified atom stereocenters. The number of nitrogens with one attached hydrogen (secondary N) is 1. The highest BCUT2D eigenvalue weighted by molar-refractivity contribution is 6.38. The Morgan fingerprint density at radius 3 is 1.89 bits per heavy atom. The fourth-order valence-electron chi connectivity index (χ4n) is 8.13. The Hall–Kier alpha value is -6.09. The molecule has 0 saturated heterocycles. The lowest BCUT2D eigenvalue weighted by Gasteiger charge is -2.36. The van der Waals surface area contributed by atoms with Crippen molar-refractivity contribution in [3.8, 4) is 0 Å². The van der Waals surface area contributed by atoms with Crippen LogP contribution in [0.2, 0.25) is 0 Å². The topological polar surface area (TPSA) is 111 Å². The minimum absolute atomic E-state index is 0.127. The summed E-state index contributed by atoms with van der Waals surface area (Å²) >= 11 is 0. The quantitative estimate of drug-likeness (QED) is 0.0342. The van der Waals surface area contributed by atoms with E-state index in [1.54, 1.807) is 0 Å². The molecule has 5 N–H and O–H groups in total. The van der Waals surface area contributed by atoms with Crippen molar-refractivity contribution in [1.29, 1.82) is 0 Å². The number of fused-ring (bicyclic) bond motifs is 4. The third-order valence-electron chi connectivity index (χ3n) is 10.9. The second kappa shape index (κ2) is 15.5. The Labute approximate surface area is 317 Å². The number of unbranched alkanes of at least 4 members (excludes halogenated alkanes) is 3. The van der Waals surface area contributed by atoms with Crippen LogP contribution in [0.15, 0.2) is 96.2 Å². The van der Waals surface area contributed by atoms with Crippen LogP contribution in [0.5, 0.6) is 0 Å². The molecule has 0 radical (unpaired) electrons. The zero-order chi connectivity index (χ0) is 37.9. The number of anilines is 4. The summed E-state index contributed by atoms with van der Waals surface area (Å²) in [6.07, 6.45) is 6.26. The average Bonchev–Trinajstić information content (AvgIpc) is 3.19. The Kier molecular flexibility index (Phi) is 10.4. The highest BCUT2D eigenvalue weighted by Gasteiger charge is 2.45. The minimum Gasteiger partial charge on any atom is -0.775 e. The number of hydrogen-bond acceptors (Lipinski definition) is 5. The molecule has 0 fully saturated rings. The summed E-state index contributed by atoms with van der Waals surface area (Å²) in [5.74, 6) is 1.04. The van der Waals surface area contributed by atoms with E-state index in [1.165, 1.54) is 0 Å².